The highest BCUT2D eigenvalue weighted by molar-refractivity contribution is 7.80. The monoisotopic (exact) mass is 272 g/mol. The Balaban J connectivity index is 1.98. The highest BCUT2D eigenvalue weighted by Crippen LogP contribution is 2.06. The first-order valence-electron chi connectivity index (χ1n) is 6.08. The van der Waals surface area contributed by atoms with Crippen molar-refractivity contribution in [2.45, 2.75) is 13.3 Å². The van der Waals surface area contributed by atoms with Gasteiger partial charge in [-0.2, -0.15) is 0 Å². The summed E-state index contributed by atoms with van der Waals surface area (Å²) in [6.07, 6.45) is 0.917. The van der Waals surface area contributed by atoms with Crippen molar-refractivity contribution in [1.82, 2.24) is 9.97 Å². The molecule has 2 rings (SSSR count). The van der Waals surface area contributed by atoms with E-state index < -0.39 is 0 Å². The molecule has 0 amide bonds. The van der Waals surface area contributed by atoms with Crippen LogP contribution in [0.4, 0.5) is 5.95 Å². The largest absolute Gasteiger partial charge is 0.388 e. The third-order valence-corrected chi connectivity index (χ3v) is 2.86. The molecule has 3 N–H and O–H groups in total. The summed E-state index contributed by atoms with van der Waals surface area (Å²) in [5.41, 5.74) is 8.31. The van der Waals surface area contributed by atoms with Crippen LogP contribution in [0.3, 0.4) is 0 Å². The molecule has 0 saturated heterocycles. The van der Waals surface area contributed by atoms with Crippen molar-refractivity contribution in [3.8, 4) is 0 Å². The number of rotatable bonds is 5. The molecule has 0 radical (unpaired) electrons. The zero-order valence-electron chi connectivity index (χ0n) is 10.8. The molecule has 1 aromatic carbocycles. The number of nitrogens with two attached hydrogens (primary N) is 1. The molecule has 2 aromatic rings. The van der Waals surface area contributed by atoms with Crippen LogP contribution in [0.25, 0.3) is 0 Å². The van der Waals surface area contributed by atoms with E-state index >= 15 is 0 Å². The molecular weight excluding hydrogens is 256 g/mol. The van der Waals surface area contributed by atoms with Crippen molar-refractivity contribution in [1.29, 1.82) is 0 Å². The van der Waals surface area contributed by atoms with Crippen molar-refractivity contribution in [3.63, 3.8) is 0 Å². The summed E-state index contributed by atoms with van der Waals surface area (Å²) in [4.78, 5) is 8.87. The van der Waals surface area contributed by atoms with Crippen LogP contribution in [0.2, 0.25) is 0 Å². The molecule has 19 heavy (non-hydrogen) atoms. The van der Waals surface area contributed by atoms with E-state index in [1.807, 2.05) is 25.1 Å². The third kappa shape index (κ3) is 3.99. The quantitative estimate of drug-likeness (QED) is 0.816. The molecule has 1 heterocycles. The third-order valence-electron chi connectivity index (χ3n) is 2.65. The zero-order chi connectivity index (χ0) is 13.7. The lowest BCUT2D eigenvalue weighted by Gasteiger charge is -2.07. The topological polar surface area (TPSA) is 63.8 Å². The molecule has 0 saturated carbocycles. The van der Waals surface area contributed by atoms with Gasteiger partial charge in [-0.15, -0.1) is 0 Å². The van der Waals surface area contributed by atoms with Crippen LogP contribution < -0.4 is 11.1 Å². The number of nitrogens with one attached hydrogen (secondary N) is 1. The minimum Gasteiger partial charge on any atom is -0.388 e. The van der Waals surface area contributed by atoms with Gasteiger partial charge in [0, 0.05) is 12.2 Å². The Hall–Kier alpha value is -2.01. The van der Waals surface area contributed by atoms with E-state index in [2.05, 4.69) is 27.4 Å². The number of nitrogens with zero attached hydrogens (tertiary/aromatic N) is 2. The van der Waals surface area contributed by atoms with E-state index in [0.29, 0.717) is 11.6 Å². The van der Waals surface area contributed by atoms with Crippen LogP contribution in [0, 0.1) is 6.92 Å². The Kier molecular flexibility index (Phi) is 4.41. The Morgan fingerprint density at radius 1 is 1.26 bits per heavy atom. The van der Waals surface area contributed by atoms with E-state index in [1.54, 1.807) is 6.07 Å². The standard InChI is InChI=1S/C14H16N4S/c1-10-9-12(13(15)19)18-14(17-10)16-8-7-11-5-3-2-4-6-11/h2-6,9H,7-8H2,1H3,(H2,15,19)(H,16,17,18). The lowest BCUT2D eigenvalue weighted by atomic mass is 10.1. The van der Waals surface area contributed by atoms with Gasteiger partial charge in [-0.05, 0) is 25.0 Å². The molecule has 98 valence electrons. The Labute approximate surface area is 118 Å². The van der Waals surface area contributed by atoms with Gasteiger partial charge in [-0.1, -0.05) is 42.5 Å². The lowest BCUT2D eigenvalue weighted by molar-refractivity contribution is 0.972. The van der Waals surface area contributed by atoms with Gasteiger partial charge in [-0.3, -0.25) is 0 Å². The second-order valence-corrected chi connectivity index (χ2v) is 4.68. The SMILES string of the molecule is Cc1cc(C(N)=S)nc(NCCc2ccccc2)n1. The number of benzene rings is 1. The van der Waals surface area contributed by atoms with Crippen LogP contribution in [0.5, 0.6) is 0 Å². The van der Waals surface area contributed by atoms with Gasteiger partial charge in [0.15, 0.2) is 0 Å². The summed E-state index contributed by atoms with van der Waals surface area (Å²) in [6, 6.07) is 12.0. The molecule has 0 atom stereocenters. The average molecular weight is 272 g/mol. The van der Waals surface area contributed by atoms with E-state index in [4.69, 9.17) is 18.0 Å². The Morgan fingerprint density at radius 3 is 2.68 bits per heavy atom. The van der Waals surface area contributed by atoms with Crippen molar-refractivity contribution >= 4 is 23.2 Å². The summed E-state index contributed by atoms with van der Waals surface area (Å²) in [5.74, 6) is 0.568. The van der Waals surface area contributed by atoms with Crippen LogP contribution in [0.15, 0.2) is 36.4 Å². The Bertz CT molecular complexity index is 569. The normalized spacial score (nSPS) is 10.2. The van der Waals surface area contributed by atoms with E-state index in [0.717, 1.165) is 18.7 Å². The first-order valence-corrected chi connectivity index (χ1v) is 6.49. The molecule has 5 heteroatoms. The molecule has 0 spiro atoms. The first kappa shape index (κ1) is 13.4. The van der Waals surface area contributed by atoms with Gasteiger partial charge < -0.3 is 11.1 Å². The summed E-state index contributed by atoms with van der Waals surface area (Å²) in [5, 5.41) is 3.19. The van der Waals surface area contributed by atoms with Crippen molar-refractivity contribution < 1.29 is 0 Å². The number of hydrogen-bond donors (Lipinski definition) is 2. The van der Waals surface area contributed by atoms with Gasteiger partial charge in [0.05, 0.1) is 0 Å². The number of thiocarbonyl (C=S) groups is 1. The second kappa shape index (κ2) is 6.24. The maximum absolute atomic E-state index is 5.58. The zero-order valence-corrected chi connectivity index (χ0v) is 11.6. The minimum atomic E-state index is 0.289. The first-order chi connectivity index (χ1) is 9.15. The predicted molar refractivity (Wildman–Crippen MR) is 81.3 cm³/mol. The van der Waals surface area contributed by atoms with Crippen LogP contribution in [-0.4, -0.2) is 21.5 Å². The molecule has 0 aliphatic rings. The highest BCUT2D eigenvalue weighted by Gasteiger charge is 2.04. The van der Waals surface area contributed by atoms with Crippen LogP contribution in [0.1, 0.15) is 17.0 Å². The van der Waals surface area contributed by atoms with E-state index in [1.165, 1.54) is 5.56 Å². The van der Waals surface area contributed by atoms with E-state index in [-0.39, 0.29) is 4.99 Å². The van der Waals surface area contributed by atoms with Crippen molar-refractivity contribution in [2.24, 2.45) is 5.73 Å². The summed E-state index contributed by atoms with van der Waals surface area (Å²) in [7, 11) is 0. The molecule has 4 nitrogen and oxygen atoms in total. The second-order valence-electron chi connectivity index (χ2n) is 4.24. The highest BCUT2D eigenvalue weighted by atomic mass is 32.1. The molecule has 1 aromatic heterocycles. The molecule has 0 aliphatic heterocycles. The molecule has 0 aliphatic carbocycles. The van der Waals surface area contributed by atoms with Gasteiger partial charge in [0.25, 0.3) is 0 Å². The number of aryl methyl sites for hydroxylation is 1. The summed E-state index contributed by atoms with van der Waals surface area (Å²) >= 11 is 4.93. The van der Waals surface area contributed by atoms with Crippen molar-refractivity contribution in [2.75, 3.05) is 11.9 Å². The molecule has 0 bridgehead atoms. The lowest BCUT2D eigenvalue weighted by Crippen LogP contribution is -2.15. The predicted octanol–water partition coefficient (Wildman–Crippen LogP) is 2.07. The maximum Gasteiger partial charge on any atom is 0.223 e. The average Bonchev–Trinajstić information content (AvgIpc) is 2.39. The molecular formula is C14H16N4S. The van der Waals surface area contributed by atoms with Gasteiger partial charge in [0.2, 0.25) is 5.95 Å². The van der Waals surface area contributed by atoms with Gasteiger partial charge >= 0.3 is 0 Å². The van der Waals surface area contributed by atoms with Crippen LogP contribution in [-0.2, 0) is 6.42 Å². The molecule has 0 unspecified atom stereocenters. The van der Waals surface area contributed by atoms with Crippen molar-refractivity contribution in [3.05, 3.63) is 53.3 Å². The maximum atomic E-state index is 5.58. The summed E-state index contributed by atoms with van der Waals surface area (Å²) in [6.45, 7) is 2.66. The fourth-order valence-electron chi connectivity index (χ4n) is 1.74. The fourth-order valence-corrected chi connectivity index (χ4v) is 1.84. The smallest absolute Gasteiger partial charge is 0.223 e. The summed E-state index contributed by atoms with van der Waals surface area (Å²) < 4.78 is 0. The number of hydrogen-bond acceptors (Lipinski definition) is 4. The molecule has 0 fully saturated rings. The van der Waals surface area contributed by atoms with Gasteiger partial charge in [0.1, 0.15) is 10.7 Å². The number of aromatic nitrogens is 2. The van der Waals surface area contributed by atoms with Gasteiger partial charge in [-0.25, -0.2) is 9.97 Å². The minimum absolute atomic E-state index is 0.289. The Morgan fingerprint density at radius 2 is 2.00 bits per heavy atom. The fraction of sp³-hybridized carbons (Fsp3) is 0.214. The number of anilines is 1. The van der Waals surface area contributed by atoms with E-state index in [9.17, 15) is 0 Å². The van der Waals surface area contributed by atoms with Crippen LogP contribution >= 0.6 is 12.2 Å².